The lowest BCUT2D eigenvalue weighted by molar-refractivity contribution is -0.133. The number of hydrogen-bond acceptors (Lipinski definition) is 5. The minimum Gasteiger partial charge on any atom is -0.340 e. The molecule has 3 aromatic rings. The number of hydrogen-bond donors (Lipinski definition) is 2. The van der Waals surface area contributed by atoms with Gasteiger partial charge in [-0.25, -0.2) is 5.48 Å². The van der Waals surface area contributed by atoms with Crippen molar-refractivity contribution in [1.29, 1.82) is 0 Å². The van der Waals surface area contributed by atoms with Crippen molar-refractivity contribution in [2.45, 2.75) is 25.9 Å². The van der Waals surface area contributed by atoms with Crippen LogP contribution in [0.1, 0.15) is 28.4 Å². The van der Waals surface area contributed by atoms with Crippen molar-refractivity contribution in [2.75, 3.05) is 19.6 Å². The van der Waals surface area contributed by atoms with Crippen LogP contribution in [0.2, 0.25) is 0 Å². The molecule has 0 aliphatic carbocycles. The van der Waals surface area contributed by atoms with Gasteiger partial charge in [-0.15, -0.1) is 0 Å². The normalized spacial score (nSPS) is 16.4. The van der Waals surface area contributed by atoms with Crippen LogP contribution in [0.15, 0.2) is 73.1 Å². The molecule has 1 saturated heterocycles. The maximum atomic E-state index is 13.0. The Morgan fingerprint density at radius 3 is 2.45 bits per heavy atom. The van der Waals surface area contributed by atoms with Gasteiger partial charge < -0.3 is 4.90 Å². The molecule has 0 bridgehead atoms. The van der Waals surface area contributed by atoms with Crippen LogP contribution < -0.4 is 5.48 Å². The van der Waals surface area contributed by atoms with Crippen molar-refractivity contribution in [1.82, 2.24) is 20.3 Å². The molecule has 1 aliphatic rings. The summed E-state index contributed by atoms with van der Waals surface area (Å²) in [6.07, 6.45) is 3.93. The smallest absolute Gasteiger partial charge is 0.274 e. The fourth-order valence-corrected chi connectivity index (χ4v) is 4.21. The van der Waals surface area contributed by atoms with Crippen LogP contribution >= 0.6 is 0 Å². The number of benzene rings is 2. The first kappa shape index (κ1) is 22.6. The minimum absolute atomic E-state index is 0.146. The second kappa shape index (κ2) is 10.4. The Hall–Kier alpha value is -3.55. The molecule has 2 aromatic carbocycles. The van der Waals surface area contributed by atoms with E-state index in [1.54, 1.807) is 30.0 Å². The van der Waals surface area contributed by atoms with E-state index in [4.69, 9.17) is 5.21 Å². The third kappa shape index (κ3) is 5.63. The molecule has 170 valence electrons. The molecule has 1 aromatic heterocycles. The zero-order valence-electron chi connectivity index (χ0n) is 18.6. The van der Waals surface area contributed by atoms with Gasteiger partial charge in [0.2, 0.25) is 5.91 Å². The Morgan fingerprint density at radius 2 is 1.76 bits per heavy atom. The molecule has 1 atom stereocenters. The number of aromatic nitrogens is 1. The molecule has 0 spiro atoms. The molecule has 2 N–H and O–H groups in total. The monoisotopic (exact) mass is 444 g/mol. The summed E-state index contributed by atoms with van der Waals surface area (Å²) in [5.74, 6) is -0.374. The van der Waals surface area contributed by atoms with E-state index in [2.05, 4.69) is 22.9 Å². The topological polar surface area (TPSA) is 85.8 Å². The number of hydroxylamine groups is 1. The zero-order chi connectivity index (χ0) is 23.2. The first-order chi connectivity index (χ1) is 16.0. The van der Waals surface area contributed by atoms with E-state index in [-0.39, 0.29) is 11.9 Å². The summed E-state index contributed by atoms with van der Waals surface area (Å²) >= 11 is 0. The Balaban J connectivity index is 1.33. The summed E-state index contributed by atoms with van der Waals surface area (Å²) in [4.78, 5) is 32.8. The molecule has 1 fully saturated rings. The Morgan fingerprint density at radius 1 is 1.00 bits per heavy atom. The summed E-state index contributed by atoms with van der Waals surface area (Å²) < 4.78 is 0. The molecular weight excluding hydrogens is 416 g/mol. The quantitative estimate of drug-likeness (QED) is 0.451. The molecule has 0 unspecified atom stereocenters. The van der Waals surface area contributed by atoms with Crippen LogP contribution in [0.4, 0.5) is 0 Å². The standard InChI is InChI=1S/C26H28N4O3/c1-19-17-30(14-13-29(19)18-20-5-7-23(8-6-20)26(32)28-33)25(31)16-21-3-2-4-24(15-21)22-9-11-27-12-10-22/h2-12,15,19,33H,13-14,16-18H2,1H3,(H,28,32)/t19-/m0/s1. The van der Waals surface area contributed by atoms with Gasteiger partial charge in [-0.05, 0) is 53.4 Å². The van der Waals surface area contributed by atoms with Crippen LogP contribution in [0, 0.1) is 0 Å². The number of pyridine rings is 1. The maximum Gasteiger partial charge on any atom is 0.274 e. The average Bonchev–Trinajstić information content (AvgIpc) is 2.86. The third-order valence-corrected chi connectivity index (χ3v) is 6.12. The van der Waals surface area contributed by atoms with Gasteiger partial charge in [-0.3, -0.25) is 24.7 Å². The first-order valence-corrected chi connectivity index (χ1v) is 11.1. The SMILES string of the molecule is C[C@H]1CN(C(=O)Cc2cccc(-c3ccncc3)c2)CCN1Cc1ccc(C(=O)NO)cc1. The van der Waals surface area contributed by atoms with Gasteiger partial charge in [-0.1, -0.05) is 36.4 Å². The molecule has 0 radical (unpaired) electrons. The Kier molecular flexibility index (Phi) is 7.12. The van der Waals surface area contributed by atoms with Crippen molar-refractivity contribution in [3.8, 4) is 11.1 Å². The van der Waals surface area contributed by atoms with E-state index in [0.717, 1.165) is 35.3 Å². The van der Waals surface area contributed by atoms with Gasteiger partial charge in [0, 0.05) is 50.2 Å². The molecule has 7 nitrogen and oxygen atoms in total. The molecule has 1 aliphatic heterocycles. The van der Waals surface area contributed by atoms with E-state index >= 15 is 0 Å². The highest BCUT2D eigenvalue weighted by molar-refractivity contribution is 5.93. The highest BCUT2D eigenvalue weighted by atomic mass is 16.5. The van der Waals surface area contributed by atoms with Crippen LogP contribution in [-0.2, 0) is 17.8 Å². The van der Waals surface area contributed by atoms with Gasteiger partial charge in [0.25, 0.3) is 5.91 Å². The summed E-state index contributed by atoms with van der Waals surface area (Å²) in [5.41, 5.74) is 6.33. The van der Waals surface area contributed by atoms with Crippen molar-refractivity contribution in [3.63, 3.8) is 0 Å². The number of amides is 2. The number of nitrogens with one attached hydrogen (secondary N) is 1. The van der Waals surface area contributed by atoms with E-state index < -0.39 is 5.91 Å². The third-order valence-electron chi connectivity index (χ3n) is 6.12. The largest absolute Gasteiger partial charge is 0.340 e. The second-order valence-corrected chi connectivity index (χ2v) is 8.41. The predicted octanol–water partition coefficient (Wildman–Crippen LogP) is 3.14. The average molecular weight is 445 g/mol. The lowest BCUT2D eigenvalue weighted by Gasteiger charge is -2.40. The number of nitrogens with zero attached hydrogens (tertiary/aromatic N) is 3. The van der Waals surface area contributed by atoms with Crippen molar-refractivity contribution < 1.29 is 14.8 Å². The first-order valence-electron chi connectivity index (χ1n) is 11.1. The number of carbonyl (C=O) groups is 2. The van der Waals surface area contributed by atoms with Crippen molar-refractivity contribution >= 4 is 11.8 Å². The lowest BCUT2D eigenvalue weighted by Crippen LogP contribution is -2.53. The zero-order valence-corrected chi connectivity index (χ0v) is 18.6. The van der Waals surface area contributed by atoms with Gasteiger partial charge in [0.15, 0.2) is 0 Å². The van der Waals surface area contributed by atoms with E-state index in [9.17, 15) is 9.59 Å². The van der Waals surface area contributed by atoms with Crippen LogP contribution in [-0.4, -0.2) is 57.5 Å². The van der Waals surface area contributed by atoms with Crippen LogP contribution in [0.25, 0.3) is 11.1 Å². The van der Waals surface area contributed by atoms with Crippen LogP contribution in [0.5, 0.6) is 0 Å². The van der Waals surface area contributed by atoms with Crippen molar-refractivity contribution in [3.05, 3.63) is 89.7 Å². The molecule has 4 rings (SSSR count). The fourth-order valence-electron chi connectivity index (χ4n) is 4.21. The van der Waals surface area contributed by atoms with Crippen LogP contribution in [0.3, 0.4) is 0 Å². The van der Waals surface area contributed by atoms with Gasteiger partial charge in [0.1, 0.15) is 0 Å². The molecule has 0 saturated carbocycles. The number of piperazine rings is 1. The summed E-state index contributed by atoms with van der Waals surface area (Å²) in [5, 5.41) is 8.74. The van der Waals surface area contributed by atoms with Gasteiger partial charge >= 0.3 is 0 Å². The molecule has 2 heterocycles. The Labute approximate surface area is 193 Å². The molecular formula is C26H28N4O3. The van der Waals surface area contributed by atoms with E-state index in [1.807, 2.05) is 47.4 Å². The lowest BCUT2D eigenvalue weighted by atomic mass is 10.0. The summed E-state index contributed by atoms with van der Waals surface area (Å²) in [6, 6.07) is 19.5. The highest BCUT2D eigenvalue weighted by Gasteiger charge is 2.26. The second-order valence-electron chi connectivity index (χ2n) is 8.41. The van der Waals surface area contributed by atoms with Gasteiger partial charge in [-0.2, -0.15) is 0 Å². The van der Waals surface area contributed by atoms with E-state index in [0.29, 0.717) is 25.1 Å². The Bertz CT molecular complexity index is 1100. The number of rotatable bonds is 6. The number of carbonyl (C=O) groups excluding carboxylic acids is 2. The fraction of sp³-hybridized carbons (Fsp3) is 0.269. The molecule has 33 heavy (non-hydrogen) atoms. The van der Waals surface area contributed by atoms with Gasteiger partial charge in [0.05, 0.1) is 6.42 Å². The van der Waals surface area contributed by atoms with E-state index in [1.165, 1.54) is 0 Å². The maximum absolute atomic E-state index is 13.0. The minimum atomic E-state index is -0.520. The highest BCUT2D eigenvalue weighted by Crippen LogP contribution is 2.21. The predicted molar refractivity (Wildman–Crippen MR) is 126 cm³/mol. The molecule has 7 heteroatoms. The summed E-state index contributed by atoms with van der Waals surface area (Å²) in [7, 11) is 0. The van der Waals surface area contributed by atoms with Crippen molar-refractivity contribution in [2.24, 2.45) is 0 Å². The summed E-state index contributed by atoms with van der Waals surface area (Å²) in [6.45, 7) is 5.06. The molecule has 2 amide bonds.